The minimum absolute atomic E-state index is 0.135. The first-order valence-corrected chi connectivity index (χ1v) is 6.91. The van der Waals surface area contributed by atoms with Crippen LogP contribution in [0.15, 0.2) is 29.1 Å². The van der Waals surface area contributed by atoms with Crippen molar-refractivity contribution in [2.75, 3.05) is 24.6 Å². The SMILES string of the molecule is CCCN/C(=C\C(=N)c1ncc(NC)c(N)n1)c1ccon1. The van der Waals surface area contributed by atoms with Gasteiger partial charge in [-0.15, -0.1) is 0 Å². The molecule has 2 aromatic rings. The Kier molecular flexibility index (Phi) is 5.07. The van der Waals surface area contributed by atoms with E-state index in [9.17, 15) is 0 Å². The Balaban J connectivity index is 2.27. The van der Waals surface area contributed by atoms with Crippen molar-refractivity contribution >= 4 is 22.9 Å². The summed E-state index contributed by atoms with van der Waals surface area (Å²) in [5.74, 6) is 0.547. The fourth-order valence-electron chi connectivity index (χ4n) is 1.75. The van der Waals surface area contributed by atoms with Gasteiger partial charge in [0, 0.05) is 19.7 Å². The Labute approximate surface area is 128 Å². The molecule has 22 heavy (non-hydrogen) atoms. The number of nitrogens with two attached hydrogens (primary N) is 1. The first-order valence-electron chi connectivity index (χ1n) is 6.91. The molecule has 2 rings (SSSR count). The molecule has 116 valence electrons. The Morgan fingerprint density at radius 2 is 2.32 bits per heavy atom. The third-order valence-electron chi connectivity index (χ3n) is 2.90. The van der Waals surface area contributed by atoms with Crippen LogP contribution in [0.5, 0.6) is 0 Å². The normalized spacial score (nSPS) is 11.3. The van der Waals surface area contributed by atoms with Gasteiger partial charge in [0.1, 0.15) is 17.7 Å². The lowest BCUT2D eigenvalue weighted by atomic mass is 10.2. The lowest BCUT2D eigenvalue weighted by Crippen LogP contribution is -2.16. The molecular weight excluding hydrogens is 282 g/mol. The molecule has 0 aliphatic heterocycles. The van der Waals surface area contributed by atoms with E-state index in [2.05, 4.69) is 32.7 Å². The summed E-state index contributed by atoms with van der Waals surface area (Å²) in [6.07, 6.45) is 5.59. The van der Waals surface area contributed by atoms with Gasteiger partial charge in [-0.3, -0.25) is 5.41 Å². The van der Waals surface area contributed by atoms with Crippen LogP contribution in [-0.2, 0) is 0 Å². The molecular formula is C14H19N7O. The summed E-state index contributed by atoms with van der Waals surface area (Å²) in [6, 6.07) is 1.72. The van der Waals surface area contributed by atoms with Gasteiger partial charge in [-0.1, -0.05) is 12.1 Å². The average molecular weight is 301 g/mol. The number of allylic oxidation sites excluding steroid dienone is 1. The fraction of sp³-hybridized carbons (Fsp3) is 0.286. The zero-order valence-corrected chi connectivity index (χ0v) is 12.6. The van der Waals surface area contributed by atoms with Crippen LogP contribution in [0.4, 0.5) is 11.5 Å². The summed E-state index contributed by atoms with van der Waals surface area (Å²) in [6.45, 7) is 2.81. The van der Waals surface area contributed by atoms with Crippen molar-refractivity contribution in [2.24, 2.45) is 0 Å². The summed E-state index contributed by atoms with van der Waals surface area (Å²) < 4.78 is 4.85. The number of hydrogen-bond acceptors (Lipinski definition) is 8. The zero-order chi connectivity index (χ0) is 15.9. The number of nitrogens with zero attached hydrogens (tertiary/aromatic N) is 3. The van der Waals surface area contributed by atoms with E-state index in [0.29, 0.717) is 22.9 Å². The summed E-state index contributed by atoms with van der Waals surface area (Å²) in [5, 5.41) is 18.1. The fourth-order valence-corrected chi connectivity index (χ4v) is 1.75. The number of anilines is 2. The van der Waals surface area contributed by atoms with Gasteiger partial charge >= 0.3 is 0 Å². The van der Waals surface area contributed by atoms with E-state index in [1.165, 1.54) is 6.26 Å². The number of nitrogen functional groups attached to an aromatic ring is 1. The van der Waals surface area contributed by atoms with E-state index in [1.807, 2.05) is 0 Å². The van der Waals surface area contributed by atoms with Crippen LogP contribution >= 0.6 is 0 Å². The molecule has 8 nitrogen and oxygen atoms in total. The molecule has 0 unspecified atom stereocenters. The second kappa shape index (κ2) is 7.21. The number of rotatable bonds is 7. The highest BCUT2D eigenvalue weighted by molar-refractivity contribution is 6.07. The van der Waals surface area contributed by atoms with E-state index in [4.69, 9.17) is 15.7 Å². The van der Waals surface area contributed by atoms with Gasteiger partial charge in [-0.25, -0.2) is 9.97 Å². The third kappa shape index (κ3) is 3.60. The van der Waals surface area contributed by atoms with Crippen molar-refractivity contribution in [3.8, 4) is 0 Å². The molecule has 2 aromatic heterocycles. The van der Waals surface area contributed by atoms with Crippen LogP contribution in [-0.4, -0.2) is 34.4 Å². The van der Waals surface area contributed by atoms with E-state index in [0.717, 1.165) is 13.0 Å². The third-order valence-corrected chi connectivity index (χ3v) is 2.90. The molecule has 0 aliphatic carbocycles. The predicted octanol–water partition coefficient (Wildman–Crippen LogP) is 1.50. The quantitative estimate of drug-likeness (QED) is 0.571. The molecule has 0 radical (unpaired) electrons. The smallest absolute Gasteiger partial charge is 0.179 e. The minimum Gasteiger partial charge on any atom is -0.384 e. The highest BCUT2D eigenvalue weighted by Crippen LogP contribution is 2.14. The summed E-state index contributed by atoms with van der Waals surface area (Å²) in [5.41, 5.74) is 7.87. The predicted molar refractivity (Wildman–Crippen MR) is 85.6 cm³/mol. The van der Waals surface area contributed by atoms with Gasteiger partial charge in [0.25, 0.3) is 0 Å². The maximum atomic E-state index is 8.15. The summed E-state index contributed by atoms with van der Waals surface area (Å²) in [4.78, 5) is 8.25. The molecule has 0 fully saturated rings. The number of nitrogens with one attached hydrogen (secondary N) is 3. The molecule has 2 heterocycles. The van der Waals surface area contributed by atoms with Crippen molar-refractivity contribution in [1.29, 1.82) is 5.41 Å². The second-order valence-corrected chi connectivity index (χ2v) is 4.53. The van der Waals surface area contributed by atoms with Crippen molar-refractivity contribution in [2.45, 2.75) is 13.3 Å². The highest BCUT2D eigenvalue weighted by atomic mass is 16.5. The van der Waals surface area contributed by atoms with Crippen molar-refractivity contribution < 1.29 is 4.52 Å². The Hall–Kier alpha value is -2.90. The first kappa shape index (κ1) is 15.5. The molecule has 0 aromatic carbocycles. The van der Waals surface area contributed by atoms with Gasteiger partial charge in [-0.2, -0.15) is 0 Å². The maximum Gasteiger partial charge on any atom is 0.179 e. The number of aromatic nitrogens is 3. The maximum absolute atomic E-state index is 8.15. The summed E-state index contributed by atoms with van der Waals surface area (Å²) in [7, 11) is 1.73. The lowest BCUT2D eigenvalue weighted by Gasteiger charge is -2.08. The zero-order valence-electron chi connectivity index (χ0n) is 12.6. The monoisotopic (exact) mass is 301 g/mol. The molecule has 0 amide bonds. The van der Waals surface area contributed by atoms with Crippen LogP contribution in [0, 0.1) is 5.41 Å². The summed E-state index contributed by atoms with van der Waals surface area (Å²) >= 11 is 0. The van der Waals surface area contributed by atoms with E-state index in [-0.39, 0.29) is 11.5 Å². The first-order chi connectivity index (χ1) is 10.7. The van der Waals surface area contributed by atoms with Gasteiger partial charge in [-0.05, 0) is 12.5 Å². The van der Waals surface area contributed by atoms with Gasteiger partial charge in [0.2, 0.25) is 0 Å². The largest absolute Gasteiger partial charge is 0.384 e. The topological polar surface area (TPSA) is 126 Å². The lowest BCUT2D eigenvalue weighted by molar-refractivity contribution is 0.417. The van der Waals surface area contributed by atoms with Crippen LogP contribution < -0.4 is 16.4 Å². The van der Waals surface area contributed by atoms with Crippen LogP contribution in [0.2, 0.25) is 0 Å². The van der Waals surface area contributed by atoms with Gasteiger partial charge in [0.05, 0.1) is 17.6 Å². The minimum atomic E-state index is 0.135. The van der Waals surface area contributed by atoms with Crippen molar-refractivity contribution in [3.63, 3.8) is 0 Å². The Bertz CT molecular complexity index is 664. The Morgan fingerprint density at radius 1 is 1.50 bits per heavy atom. The van der Waals surface area contributed by atoms with Crippen molar-refractivity contribution in [1.82, 2.24) is 20.4 Å². The van der Waals surface area contributed by atoms with Crippen LogP contribution in [0.1, 0.15) is 24.9 Å². The molecule has 0 bridgehead atoms. The van der Waals surface area contributed by atoms with E-state index < -0.39 is 0 Å². The van der Waals surface area contributed by atoms with Crippen molar-refractivity contribution in [3.05, 3.63) is 36.1 Å². The van der Waals surface area contributed by atoms with Crippen LogP contribution in [0.25, 0.3) is 5.70 Å². The molecule has 0 aliphatic rings. The molecule has 0 saturated heterocycles. The Morgan fingerprint density at radius 3 is 2.91 bits per heavy atom. The number of hydrogen-bond donors (Lipinski definition) is 4. The van der Waals surface area contributed by atoms with Gasteiger partial charge in [0.15, 0.2) is 11.6 Å². The molecule has 0 saturated carbocycles. The average Bonchev–Trinajstić information content (AvgIpc) is 3.05. The molecule has 0 atom stereocenters. The second-order valence-electron chi connectivity index (χ2n) is 4.53. The van der Waals surface area contributed by atoms with E-state index in [1.54, 1.807) is 25.4 Å². The van der Waals surface area contributed by atoms with Gasteiger partial charge < -0.3 is 20.9 Å². The standard InChI is InChI=1S/C14H19N7O/c1-3-5-18-11(10-4-6-22-21-10)7-9(15)14-19-8-12(17-2)13(16)20-14/h4,6-8,15,17-18H,3,5H2,1-2H3,(H2,16,19,20)/b11-7-,15-9?. The van der Waals surface area contributed by atoms with Crippen LogP contribution in [0.3, 0.4) is 0 Å². The van der Waals surface area contributed by atoms with E-state index >= 15 is 0 Å². The molecule has 5 N–H and O–H groups in total. The molecule has 0 spiro atoms. The molecule has 8 heteroatoms. The highest BCUT2D eigenvalue weighted by Gasteiger charge is 2.10.